The normalized spacial score (nSPS) is 10.4. The van der Waals surface area contributed by atoms with E-state index in [0.29, 0.717) is 22.1 Å². The number of nitrogens with zero attached hydrogens (tertiary/aromatic N) is 1. The van der Waals surface area contributed by atoms with Gasteiger partial charge in [0, 0.05) is 20.8 Å². The van der Waals surface area contributed by atoms with Crippen molar-refractivity contribution in [2.45, 2.75) is 19.8 Å². The first-order chi connectivity index (χ1) is 9.99. The van der Waals surface area contributed by atoms with Gasteiger partial charge in [-0.3, -0.25) is 4.79 Å². The lowest BCUT2D eigenvalue weighted by molar-refractivity contribution is 0.102. The number of amides is 1. The van der Waals surface area contributed by atoms with Crippen molar-refractivity contribution in [1.82, 2.24) is 4.98 Å². The van der Waals surface area contributed by atoms with Crippen LogP contribution in [0.25, 0.3) is 0 Å². The van der Waals surface area contributed by atoms with Crippen molar-refractivity contribution in [3.05, 3.63) is 51.1 Å². The van der Waals surface area contributed by atoms with Gasteiger partial charge in [-0.25, -0.2) is 4.98 Å². The number of hydrogen-bond acceptors (Lipinski definition) is 3. The predicted molar refractivity (Wildman–Crippen MR) is 89.7 cm³/mol. The molecule has 21 heavy (non-hydrogen) atoms. The summed E-state index contributed by atoms with van der Waals surface area (Å²) in [6, 6.07) is 8.52. The van der Waals surface area contributed by atoms with Gasteiger partial charge in [-0.2, -0.15) is 0 Å². The van der Waals surface area contributed by atoms with Crippen molar-refractivity contribution in [2.75, 3.05) is 11.1 Å². The van der Waals surface area contributed by atoms with E-state index >= 15 is 0 Å². The van der Waals surface area contributed by atoms with Crippen molar-refractivity contribution in [1.29, 1.82) is 0 Å². The first-order valence-electron chi connectivity index (χ1n) is 6.52. The zero-order chi connectivity index (χ0) is 15.4. The number of aryl methyl sites for hydroxylation is 1. The third kappa shape index (κ3) is 4.19. The molecule has 2 aromatic rings. The summed E-state index contributed by atoms with van der Waals surface area (Å²) in [5, 5.41) is 3.36. The maximum Gasteiger partial charge on any atom is 0.255 e. The number of carbonyl (C=O) groups excluding carboxylic acids is 1. The second-order valence-corrected chi connectivity index (χ2v) is 5.89. The Hall–Kier alpha value is -1.59. The molecule has 6 heteroatoms. The molecule has 1 aromatic heterocycles. The largest absolute Gasteiger partial charge is 0.384 e. The Morgan fingerprint density at radius 1 is 1.38 bits per heavy atom. The number of nitrogens with two attached hydrogens (primary N) is 1. The summed E-state index contributed by atoms with van der Waals surface area (Å²) in [7, 11) is 0. The molecule has 1 heterocycles. The van der Waals surface area contributed by atoms with Crippen LogP contribution in [0.4, 0.5) is 11.5 Å². The van der Waals surface area contributed by atoms with Crippen LogP contribution in [0.15, 0.2) is 34.8 Å². The minimum atomic E-state index is -0.246. The maximum atomic E-state index is 12.3. The van der Waals surface area contributed by atoms with Gasteiger partial charge in [0.05, 0.1) is 5.69 Å². The van der Waals surface area contributed by atoms with E-state index in [1.54, 1.807) is 30.3 Å². The van der Waals surface area contributed by atoms with Crippen molar-refractivity contribution in [3.63, 3.8) is 0 Å². The van der Waals surface area contributed by atoms with E-state index in [2.05, 4.69) is 26.2 Å². The van der Waals surface area contributed by atoms with E-state index in [1.807, 2.05) is 6.92 Å². The van der Waals surface area contributed by atoms with Gasteiger partial charge in [0.15, 0.2) is 0 Å². The van der Waals surface area contributed by atoms with Crippen LogP contribution < -0.4 is 11.1 Å². The highest BCUT2D eigenvalue weighted by atomic mass is 79.9. The second kappa shape index (κ2) is 6.91. The van der Waals surface area contributed by atoms with Crippen LogP contribution in [0, 0.1) is 0 Å². The van der Waals surface area contributed by atoms with Gasteiger partial charge in [0.25, 0.3) is 5.91 Å². The Morgan fingerprint density at radius 2 is 2.14 bits per heavy atom. The van der Waals surface area contributed by atoms with E-state index in [1.165, 1.54) is 0 Å². The van der Waals surface area contributed by atoms with Crippen LogP contribution in [-0.4, -0.2) is 10.9 Å². The number of rotatable bonds is 4. The van der Waals surface area contributed by atoms with Crippen LogP contribution in [0.5, 0.6) is 0 Å². The van der Waals surface area contributed by atoms with E-state index in [0.717, 1.165) is 23.0 Å². The summed E-state index contributed by atoms with van der Waals surface area (Å²) in [4.78, 5) is 16.5. The van der Waals surface area contributed by atoms with Gasteiger partial charge in [-0.1, -0.05) is 24.9 Å². The molecule has 0 fully saturated rings. The summed E-state index contributed by atoms with van der Waals surface area (Å²) in [6.45, 7) is 2.05. The summed E-state index contributed by atoms with van der Waals surface area (Å²) in [5.41, 5.74) is 7.66. The molecule has 0 atom stereocenters. The number of hydrogen-bond donors (Lipinski definition) is 2. The number of anilines is 2. The molecule has 2 rings (SSSR count). The monoisotopic (exact) mass is 367 g/mol. The van der Waals surface area contributed by atoms with Gasteiger partial charge in [0.1, 0.15) is 5.82 Å². The smallest absolute Gasteiger partial charge is 0.255 e. The quantitative estimate of drug-likeness (QED) is 0.846. The van der Waals surface area contributed by atoms with Gasteiger partial charge >= 0.3 is 0 Å². The average Bonchev–Trinajstić information content (AvgIpc) is 2.42. The highest BCUT2D eigenvalue weighted by Crippen LogP contribution is 2.26. The first kappa shape index (κ1) is 15.8. The molecular formula is C15H15BrClN3O. The summed E-state index contributed by atoms with van der Waals surface area (Å²) in [6.07, 6.45) is 1.73. The molecular weight excluding hydrogens is 354 g/mol. The SMILES string of the molecule is CCCc1cc(C(=O)Nc2cc(Cl)ccc2Br)cc(N)n1. The fraction of sp³-hybridized carbons (Fsp3) is 0.200. The lowest BCUT2D eigenvalue weighted by atomic mass is 10.1. The second-order valence-electron chi connectivity index (χ2n) is 4.60. The zero-order valence-electron chi connectivity index (χ0n) is 11.5. The van der Waals surface area contributed by atoms with Crippen LogP contribution >= 0.6 is 27.5 Å². The summed E-state index contributed by atoms with van der Waals surface area (Å²) >= 11 is 9.31. The number of pyridine rings is 1. The Balaban J connectivity index is 2.25. The predicted octanol–water partition coefficient (Wildman–Crippen LogP) is 4.28. The lowest BCUT2D eigenvalue weighted by Gasteiger charge is -2.09. The lowest BCUT2D eigenvalue weighted by Crippen LogP contribution is -2.14. The molecule has 0 bridgehead atoms. The fourth-order valence-corrected chi connectivity index (χ4v) is 2.43. The highest BCUT2D eigenvalue weighted by Gasteiger charge is 2.11. The summed E-state index contributed by atoms with van der Waals surface area (Å²) < 4.78 is 0.760. The average molecular weight is 369 g/mol. The van der Waals surface area contributed by atoms with E-state index in [-0.39, 0.29) is 5.91 Å². The Bertz CT molecular complexity index is 676. The maximum absolute atomic E-state index is 12.3. The molecule has 3 N–H and O–H groups in total. The van der Waals surface area contributed by atoms with E-state index < -0.39 is 0 Å². The molecule has 0 radical (unpaired) electrons. The molecule has 0 aliphatic carbocycles. The van der Waals surface area contributed by atoms with Gasteiger partial charge in [-0.05, 0) is 52.7 Å². The van der Waals surface area contributed by atoms with Crippen molar-refractivity contribution >= 4 is 44.9 Å². The number of benzene rings is 1. The van der Waals surface area contributed by atoms with Crippen molar-refractivity contribution in [2.24, 2.45) is 0 Å². The third-order valence-corrected chi connectivity index (χ3v) is 3.77. The molecule has 1 amide bonds. The standard InChI is InChI=1S/C15H15BrClN3O/c1-2-3-11-6-9(7-14(18)19-11)15(21)20-13-8-10(17)4-5-12(13)16/h4-8H,2-3H2,1H3,(H2,18,19)(H,20,21). The molecule has 0 aliphatic heterocycles. The Kier molecular flexibility index (Phi) is 5.20. The van der Waals surface area contributed by atoms with Crippen LogP contribution in [0.1, 0.15) is 29.4 Å². The van der Waals surface area contributed by atoms with Crippen LogP contribution in [0.3, 0.4) is 0 Å². The molecule has 4 nitrogen and oxygen atoms in total. The molecule has 1 aromatic carbocycles. The van der Waals surface area contributed by atoms with Gasteiger partial charge < -0.3 is 11.1 Å². The van der Waals surface area contributed by atoms with E-state index in [4.69, 9.17) is 17.3 Å². The number of carbonyl (C=O) groups is 1. The molecule has 0 saturated carbocycles. The van der Waals surface area contributed by atoms with Crippen molar-refractivity contribution < 1.29 is 4.79 Å². The molecule has 0 unspecified atom stereocenters. The minimum absolute atomic E-state index is 0.246. The Labute approximate surface area is 136 Å². The number of halogens is 2. The van der Waals surface area contributed by atoms with Gasteiger partial charge in [0.2, 0.25) is 0 Å². The number of aromatic nitrogens is 1. The Morgan fingerprint density at radius 3 is 2.86 bits per heavy atom. The highest BCUT2D eigenvalue weighted by molar-refractivity contribution is 9.10. The van der Waals surface area contributed by atoms with Gasteiger partial charge in [-0.15, -0.1) is 0 Å². The zero-order valence-corrected chi connectivity index (χ0v) is 13.8. The molecule has 0 spiro atoms. The van der Waals surface area contributed by atoms with Crippen LogP contribution in [-0.2, 0) is 6.42 Å². The van der Waals surface area contributed by atoms with Crippen molar-refractivity contribution in [3.8, 4) is 0 Å². The third-order valence-electron chi connectivity index (χ3n) is 2.84. The fourth-order valence-electron chi connectivity index (χ4n) is 1.91. The topological polar surface area (TPSA) is 68.0 Å². The molecule has 110 valence electrons. The number of nitrogen functional groups attached to an aromatic ring is 1. The number of nitrogens with one attached hydrogen (secondary N) is 1. The summed E-state index contributed by atoms with van der Waals surface area (Å²) in [5.74, 6) is 0.0979. The first-order valence-corrected chi connectivity index (χ1v) is 7.69. The van der Waals surface area contributed by atoms with E-state index in [9.17, 15) is 4.79 Å². The minimum Gasteiger partial charge on any atom is -0.384 e. The molecule has 0 aliphatic rings. The molecule has 0 saturated heterocycles. The van der Waals surface area contributed by atoms with Crippen LogP contribution in [0.2, 0.25) is 5.02 Å².